The molecule has 2 aromatic rings. The van der Waals surface area contributed by atoms with Gasteiger partial charge in [-0.2, -0.15) is 0 Å². The van der Waals surface area contributed by atoms with Crippen LogP contribution in [0.2, 0.25) is 10.0 Å². The van der Waals surface area contributed by atoms with Gasteiger partial charge in [-0.05, 0) is 74.2 Å². The van der Waals surface area contributed by atoms with E-state index in [1.165, 1.54) is 5.56 Å². The van der Waals surface area contributed by atoms with E-state index in [0.717, 1.165) is 56.6 Å². The highest BCUT2D eigenvalue weighted by atomic mass is 35.5. The van der Waals surface area contributed by atoms with Crippen molar-refractivity contribution in [3.8, 4) is 5.75 Å². The lowest BCUT2D eigenvalue weighted by molar-refractivity contribution is -0.126. The SMILES string of the molecule is COc1ccc(CCCNC(=O)C2CCN(Cc3ccc(Cl)cc3Cl)CC2)cc1. The van der Waals surface area contributed by atoms with E-state index in [4.69, 9.17) is 27.9 Å². The number of benzene rings is 2. The highest BCUT2D eigenvalue weighted by Crippen LogP contribution is 2.25. The molecule has 156 valence electrons. The van der Waals surface area contributed by atoms with Crippen molar-refractivity contribution in [2.75, 3.05) is 26.7 Å². The maximum absolute atomic E-state index is 12.5. The molecule has 1 aliphatic heterocycles. The first kappa shape index (κ1) is 21.9. The molecule has 1 fully saturated rings. The van der Waals surface area contributed by atoms with Gasteiger partial charge in [-0.25, -0.2) is 0 Å². The van der Waals surface area contributed by atoms with Gasteiger partial charge >= 0.3 is 0 Å². The van der Waals surface area contributed by atoms with Crippen molar-refractivity contribution in [2.45, 2.75) is 32.2 Å². The molecule has 0 radical (unpaired) electrons. The predicted octanol–water partition coefficient (Wildman–Crippen LogP) is 4.96. The maximum Gasteiger partial charge on any atom is 0.223 e. The fraction of sp³-hybridized carbons (Fsp3) is 0.435. The van der Waals surface area contributed by atoms with Gasteiger partial charge in [0.05, 0.1) is 7.11 Å². The Morgan fingerprint density at radius 3 is 2.52 bits per heavy atom. The molecule has 1 heterocycles. The van der Waals surface area contributed by atoms with E-state index in [2.05, 4.69) is 22.3 Å². The minimum atomic E-state index is 0.105. The number of hydrogen-bond acceptors (Lipinski definition) is 3. The average Bonchev–Trinajstić information content (AvgIpc) is 2.74. The molecule has 0 spiro atoms. The molecular weight excluding hydrogens is 407 g/mol. The summed E-state index contributed by atoms with van der Waals surface area (Å²) in [6, 6.07) is 13.7. The fourth-order valence-electron chi connectivity index (χ4n) is 3.68. The van der Waals surface area contributed by atoms with Crippen LogP contribution in [0.5, 0.6) is 5.75 Å². The van der Waals surface area contributed by atoms with Crippen LogP contribution in [0, 0.1) is 5.92 Å². The summed E-state index contributed by atoms with van der Waals surface area (Å²) in [6.45, 7) is 3.32. The van der Waals surface area contributed by atoms with E-state index in [1.807, 2.05) is 24.3 Å². The van der Waals surface area contributed by atoms with Crippen LogP contribution in [0.25, 0.3) is 0 Å². The number of carbonyl (C=O) groups excluding carboxylic acids is 1. The number of nitrogens with one attached hydrogen (secondary N) is 1. The number of rotatable bonds is 8. The van der Waals surface area contributed by atoms with Gasteiger partial charge < -0.3 is 10.1 Å². The Kier molecular flexibility index (Phi) is 8.22. The van der Waals surface area contributed by atoms with E-state index in [-0.39, 0.29) is 11.8 Å². The zero-order valence-corrected chi connectivity index (χ0v) is 18.3. The van der Waals surface area contributed by atoms with Gasteiger partial charge in [0.1, 0.15) is 5.75 Å². The molecule has 2 aromatic carbocycles. The summed E-state index contributed by atoms with van der Waals surface area (Å²) in [4.78, 5) is 14.8. The number of ether oxygens (including phenoxy) is 1. The van der Waals surface area contributed by atoms with Crippen LogP contribution in [0.15, 0.2) is 42.5 Å². The van der Waals surface area contributed by atoms with Gasteiger partial charge in [0.25, 0.3) is 0 Å². The molecule has 0 aliphatic carbocycles. The first-order chi connectivity index (χ1) is 14.0. The molecule has 3 rings (SSSR count). The average molecular weight is 435 g/mol. The van der Waals surface area contributed by atoms with Crippen LogP contribution < -0.4 is 10.1 Å². The second-order valence-electron chi connectivity index (χ2n) is 7.53. The van der Waals surface area contributed by atoms with Crippen LogP contribution in [-0.2, 0) is 17.8 Å². The summed E-state index contributed by atoms with van der Waals surface area (Å²) in [6.07, 6.45) is 3.65. The third kappa shape index (κ3) is 6.63. The summed E-state index contributed by atoms with van der Waals surface area (Å²) in [7, 11) is 1.67. The fourth-order valence-corrected chi connectivity index (χ4v) is 4.15. The van der Waals surface area contributed by atoms with Crippen LogP contribution in [0.4, 0.5) is 0 Å². The molecule has 0 bridgehead atoms. The number of aryl methyl sites for hydroxylation is 1. The molecule has 1 aliphatic rings. The second kappa shape index (κ2) is 10.9. The predicted molar refractivity (Wildman–Crippen MR) is 119 cm³/mol. The number of piperidine rings is 1. The largest absolute Gasteiger partial charge is 0.497 e. The van der Waals surface area contributed by atoms with Crippen LogP contribution in [0.1, 0.15) is 30.4 Å². The Morgan fingerprint density at radius 2 is 1.86 bits per heavy atom. The number of amides is 1. The van der Waals surface area contributed by atoms with Gasteiger partial charge in [-0.1, -0.05) is 41.4 Å². The van der Waals surface area contributed by atoms with Crippen LogP contribution >= 0.6 is 23.2 Å². The van der Waals surface area contributed by atoms with E-state index in [1.54, 1.807) is 13.2 Å². The number of halogens is 2. The van der Waals surface area contributed by atoms with E-state index in [0.29, 0.717) is 16.6 Å². The van der Waals surface area contributed by atoms with Crippen LogP contribution in [0.3, 0.4) is 0 Å². The molecule has 1 N–H and O–H groups in total. The highest BCUT2D eigenvalue weighted by Gasteiger charge is 2.25. The molecule has 1 amide bonds. The molecule has 4 nitrogen and oxygen atoms in total. The Labute approximate surface area is 183 Å². The molecule has 29 heavy (non-hydrogen) atoms. The number of hydrogen-bond donors (Lipinski definition) is 1. The summed E-state index contributed by atoms with van der Waals surface area (Å²) in [5.74, 6) is 1.16. The number of methoxy groups -OCH3 is 1. The van der Waals surface area contributed by atoms with Gasteiger partial charge in [-0.3, -0.25) is 9.69 Å². The van der Waals surface area contributed by atoms with Crippen molar-refractivity contribution in [1.82, 2.24) is 10.2 Å². The number of carbonyl (C=O) groups is 1. The Balaban J connectivity index is 1.35. The maximum atomic E-state index is 12.5. The third-order valence-corrected chi connectivity index (χ3v) is 6.05. The van der Waals surface area contributed by atoms with Crippen molar-refractivity contribution >= 4 is 29.1 Å². The zero-order valence-electron chi connectivity index (χ0n) is 16.8. The summed E-state index contributed by atoms with van der Waals surface area (Å²) in [5, 5.41) is 4.46. The molecular formula is C23H28Cl2N2O2. The van der Waals surface area contributed by atoms with Crippen molar-refractivity contribution in [1.29, 1.82) is 0 Å². The Hall–Kier alpha value is -1.75. The summed E-state index contributed by atoms with van der Waals surface area (Å²) >= 11 is 12.2. The van der Waals surface area contributed by atoms with Crippen molar-refractivity contribution in [2.24, 2.45) is 5.92 Å². The highest BCUT2D eigenvalue weighted by molar-refractivity contribution is 6.35. The molecule has 0 unspecified atom stereocenters. The normalized spacial score (nSPS) is 15.3. The molecule has 6 heteroatoms. The second-order valence-corrected chi connectivity index (χ2v) is 8.37. The molecule has 1 saturated heterocycles. The number of nitrogens with zero attached hydrogens (tertiary/aromatic N) is 1. The first-order valence-corrected chi connectivity index (χ1v) is 10.9. The Morgan fingerprint density at radius 1 is 1.14 bits per heavy atom. The topological polar surface area (TPSA) is 41.6 Å². The first-order valence-electron chi connectivity index (χ1n) is 10.1. The molecule has 0 aromatic heterocycles. The van der Waals surface area contributed by atoms with E-state index < -0.39 is 0 Å². The van der Waals surface area contributed by atoms with Gasteiger partial charge in [0.2, 0.25) is 5.91 Å². The Bertz CT molecular complexity index is 803. The minimum absolute atomic E-state index is 0.105. The molecule has 0 saturated carbocycles. The number of likely N-dealkylation sites (tertiary alicyclic amines) is 1. The third-order valence-electron chi connectivity index (χ3n) is 5.47. The molecule has 0 atom stereocenters. The van der Waals surface area contributed by atoms with Gasteiger partial charge in [-0.15, -0.1) is 0 Å². The lowest BCUT2D eigenvalue weighted by Crippen LogP contribution is -2.40. The smallest absolute Gasteiger partial charge is 0.223 e. The standard InChI is InChI=1S/C23H28Cl2N2O2/c1-29-21-8-4-17(5-9-21)3-2-12-26-23(28)18-10-13-27(14-11-18)16-19-6-7-20(24)15-22(19)25/h4-9,15,18H,2-3,10-14,16H2,1H3,(H,26,28). The van der Waals surface area contributed by atoms with E-state index in [9.17, 15) is 4.79 Å². The summed E-state index contributed by atoms with van der Waals surface area (Å²) < 4.78 is 5.17. The van der Waals surface area contributed by atoms with Gasteiger partial charge in [0, 0.05) is 29.1 Å². The van der Waals surface area contributed by atoms with Crippen molar-refractivity contribution in [3.63, 3.8) is 0 Å². The van der Waals surface area contributed by atoms with Crippen molar-refractivity contribution < 1.29 is 9.53 Å². The van der Waals surface area contributed by atoms with E-state index >= 15 is 0 Å². The summed E-state index contributed by atoms with van der Waals surface area (Å²) in [5.41, 5.74) is 2.34. The van der Waals surface area contributed by atoms with Crippen molar-refractivity contribution in [3.05, 3.63) is 63.6 Å². The minimum Gasteiger partial charge on any atom is -0.497 e. The monoisotopic (exact) mass is 434 g/mol. The quantitative estimate of drug-likeness (QED) is 0.596. The zero-order chi connectivity index (χ0) is 20.6. The lowest BCUT2D eigenvalue weighted by atomic mass is 9.95. The lowest BCUT2D eigenvalue weighted by Gasteiger charge is -2.31. The van der Waals surface area contributed by atoms with Gasteiger partial charge in [0.15, 0.2) is 0 Å². The van der Waals surface area contributed by atoms with Crippen LogP contribution in [-0.4, -0.2) is 37.6 Å².